The molecule has 49 heavy (non-hydrogen) atoms. The molecule has 1 aliphatic rings. The summed E-state index contributed by atoms with van der Waals surface area (Å²) in [7, 11) is 1.47. The number of fused-ring (bicyclic) bond motifs is 1. The van der Waals surface area contributed by atoms with E-state index in [1.807, 2.05) is 61.5 Å². The first-order chi connectivity index (χ1) is 23.8. The fourth-order valence-corrected chi connectivity index (χ4v) is 6.82. The van der Waals surface area contributed by atoms with E-state index in [4.69, 9.17) is 35.5 Å². The smallest absolute Gasteiger partial charge is 0.338 e. The highest BCUT2D eigenvalue weighted by atomic mass is 35.5. The second kappa shape index (κ2) is 14.9. The lowest BCUT2D eigenvalue weighted by Gasteiger charge is -2.26. The van der Waals surface area contributed by atoms with Crippen LogP contribution in [0.3, 0.4) is 0 Å². The highest BCUT2D eigenvalue weighted by molar-refractivity contribution is 7.07. The van der Waals surface area contributed by atoms with Crippen LogP contribution in [0.15, 0.2) is 106 Å². The van der Waals surface area contributed by atoms with Crippen LogP contribution in [0, 0.1) is 5.82 Å². The van der Waals surface area contributed by atoms with Gasteiger partial charge < -0.3 is 18.9 Å². The zero-order valence-corrected chi connectivity index (χ0v) is 28.5. The number of carbonyl (C=O) groups is 1. The Morgan fingerprint density at radius 1 is 0.980 bits per heavy atom. The van der Waals surface area contributed by atoms with Crippen LogP contribution < -0.4 is 29.1 Å². The van der Waals surface area contributed by atoms with Crippen LogP contribution in [0.5, 0.6) is 17.2 Å². The number of thiazole rings is 1. The molecule has 0 N–H and O–H groups in total. The number of benzene rings is 4. The van der Waals surface area contributed by atoms with Crippen molar-refractivity contribution in [1.82, 2.24) is 4.57 Å². The molecule has 0 saturated heterocycles. The standard InChI is InChI=1S/C38H32ClFN2O6S/c1-4-46-27-17-15-25(16-18-27)34-32(37(44)47-5-2)33(24-11-7-6-8-12-24)41-38-42(34)36(43)31(49-38)21-23-19-28(39)35(30(20-23)45-3)48-22-26-13-9-10-14-29(26)40/h6-21,34H,4-5,22H2,1-3H3/b31-21-/t34-/m0/s1. The Hall–Kier alpha value is -5.19. The van der Waals surface area contributed by atoms with Gasteiger partial charge in [0.2, 0.25) is 0 Å². The summed E-state index contributed by atoms with van der Waals surface area (Å²) >= 11 is 7.84. The van der Waals surface area contributed by atoms with Crippen molar-refractivity contribution in [3.05, 3.63) is 149 Å². The Morgan fingerprint density at radius 2 is 1.71 bits per heavy atom. The highest BCUT2D eigenvalue weighted by Crippen LogP contribution is 2.38. The number of esters is 1. The van der Waals surface area contributed by atoms with E-state index in [0.29, 0.717) is 55.4 Å². The predicted molar refractivity (Wildman–Crippen MR) is 187 cm³/mol. The van der Waals surface area contributed by atoms with Gasteiger partial charge in [-0.3, -0.25) is 9.36 Å². The molecule has 1 atom stereocenters. The maximum Gasteiger partial charge on any atom is 0.338 e. The van der Waals surface area contributed by atoms with Crippen molar-refractivity contribution in [3.63, 3.8) is 0 Å². The van der Waals surface area contributed by atoms with E-state index < -0.39 is 17.8 Å². The summed E-state index contributed by atoms with van der Waals surface area (Å²) in [4.78, 5) is 33.3. The summed E-state index contributed by atoms with van der Waals surface area (Å²) in [5.41, 5.74) is 2.64. The number of carbonyl (C=O) groups excluding carboxylic acids is 1. The Morgan fingerprint density at radius 3 is 2.41 bits per heavy atom. The van der Waals surface area contributed by atoms with Gasteiger partial charge in [-0.15, -0.1) is 0 Å². The molecule has 5 aromatic rings. The quantitative estimate of drug-likeness (QED) is 0.143. The van der Waals surface area contributed by atoms with E-state index >= 15 is 0 Å². The molecule has 0 radical (unpaired) electrons. The molecule has 0 spiro atoms. The molecule has 0 fully saturated rings. The molecule has 0 saturated carbocycles. The van der Waals surface area contributed by atoms with E-state index in [1.165, 1.54) is 29.1 Å². The summed E-state index contributed by atoms with van der Waals surface area (Å²) in [6.45, 7) is 4.22. The molecule has 6 rings (SSSR count). The third-order valence-electron chi connectivity index (χ3n) is 7.76. The number of halogens is 2. The Bertz CT molecular complexity index is 2210. The molecule has 0 unspecified atom stereocenters. The van der Waals surface area contributed by atoms with Crippen LogP contribution in [0.4, 0.5) is 4.39 Å². The first-order valence-electron chi connectivity index (χ1n) is 15.6. The zero-order valence-electron chi connectivity index (χ0n) is 26.9. The number of aromatic nitrogens is 1. The summed E-state index contributed by atoms with van der Waals surface area (Å²) in [6.07, 6.45) is 1.68. The summed E-state index contributed by atoms with van der Waals surface area (Å²) in [5.74, 6) is 0.255. The maximum absolute atomic E-state index is 14.3. The Balaban J connectivity index is 1.49. The van der Waals surface area contributed by atoms with Crippen molar-refractivity contribution in [3.8, 4) is 17.2 Å². The van der Waals surface area contributed by atoms with Crippen LogP contribution >= 0.6 is 22.9 Å². The van der Waals surface area contributed by atoms with Gasteiger partial charge in [-0.1, -0.05) is 83.6 Å². The number of rotatable bonds is 11. The van der Waals surface area contributed by atoms with E-state index in [2.05, 4.69) is 0 Å². The Kier molecular flexibility index (Phi) is 10.3. The fraction of sp³-hybridized carbons (Fsp3) is 0.184. The van der Waals surface area contributed by atoms with Gasteiger partial charge in [0.05, 0.1) is 47.2 Å². The first-order valence-corrected chi connectivity index (χ1v) is 16.8. The van der Waals surface area contributed by atoms with Gasteiger partial charge >= 0.3 is 5.97 Å². The van der Waals surface area contributed by atoms with Crippen LogP contribution in [0.2, 0.25) is 5.02 Å². The van der Waals surface area contributed by atoms with E-state index in [0.717, 1.165) is 0 Å². The van der Waals surface area contributed by atoms with Crippen molar-refractivity contribution >= 4 is 40.7 Å². The third kappa shape index (κ3) is 7.02. The minimum absolute atomic E-state index is 0.0568. The molecule has 8 nitrogen and oxygen atoms in total. The topological polar surface area (TPSA) is 88.4 Å². The normalized spacial score (nSPS) is 14.2. The van der Waals surface area contributed by atoms with Gasteiger partial charge in [0.1, 0.15) is 18.2 Å². The number of ether oxygens (including phenoxy) is 4. The second-order valence-corrected chi connectivity index (χ2v) is 12.3. The van der Waals surface area contributed by atoms with Crippen molar-refractivity contribution in [2.24, 2.45) is 4.99 Å². The van der Waals surface area contributed by atoms with E-state index in [9.17, 15) is 14.0 Å². The van der Waals surface area contributed by atoms with E-state index in [1.54, 1.807) is 43.3 Å². The SMILES string of the molecule is CCOC(=O)C1=C(c2ccccc2)N=c2s/c(=C\c3cc(Cl)c(OCc4ccccc4F)c(OC)c3)c(=O)n2[C@H]1c1ccc(OCC)cc1. The molecular weight excluding hydrogens is 667 g/mol. The number of methoxy groups -OCH3 is 1. The average Bonchev–Trinajstić information content (AvgIpc) is 3.42. The number of hydrogen-bond acceptors (Lipinski definition) is 8. The Labute approximate surface area is 291 Å². The average molecular weight is 699 g/mol. The molecule has 250 valence electrons. The predicted octanol–water partition coefficient (Wildman–Crippen LogP) is 6.71. The largest absolute Gasteiger partial charge is 0.494 e. The summed E-state index contributed by atoms with van der Waals surface area (Å²) in [5, 5.41) is 0.220. The minimum atomic E-state index is -0.837. The van der Waals surface area contributed by atoms with Gasteiger partial charge in [0.25, 0.3) is 5.56 Å². The van der Waals surface area contributed by atoms with Gasteiger partial charge in [-0.05, 0) is 61.4 Å². The number of hydrogen-bond donors (Lipinski definition) is 0. The molecular formula is C38H32ClFN2O6S. The van der Waals surface area contributed by atoms with Crippen molar-refractivity contribution in [1.29, 1.82) is 0 Å². The van der Waals surface area contributed by atoms with Gasteiger partial charge in [0, 0.05) is 11.1 Å². The maximum atomic E-state index is 14.3. The van der Waals surface area contributed by atoms with Crippen molar-refractivity contribution < 1.29 is 28.1 Å². The third-order valence-corrected chi connectivity index (χ3v) is 9.02. The fourth-order valence-electron chi connectivity index (χ4n) is 5.55. The van der Waals surface area contributed by atoms with Gasteiger partial charge in [-0.25, -0.2) is 14.2 Å². The summed E-state index contributed by atoms with van der Waals surface area (Å²) in [6, 6.07) is 25.4. The van der Waals surface area contributed by atoms with Crippen LogP contribution in [0.1, 0.15) is 42.1 Å². The lowest BCUT2D eigenvalue weighted by atomic mass is 9.93. The van der Waals surface area contributed by atoms with Gasteiger partial charge in [-0.2, -0.15) is 0 Å². The molecule has 4 aromatic carbocycles. The second-order valence-electron chi connectivity index (χ2n) is 10.8. The molecule has 11 heteroatoms. The van der Waals surface area contributed by atoms with E-state index in [-0.39, 0.29) is 35.1 Å². The highest BCUT2D eigenvalue weighted by Gasteiger charge is 2.35. The summed E-state index contributed by atoms with van der Waals surface area (Å²) < 4.78 is 38.7. The van der Waals surface area contributed by atoms with Crippen LogP contribution in [-0.2, 0) is 16.1 Å². The molecule has 1 aliphatic heterocycles. The zero-order chi connectivity index (χ0) is 34.5. The number of nitrogens with zero attached hydrogens (tertiary/aromatic N) is 2. The minimum Gasteiger partial charge on any atom is -0.494 e. The lowest BCUT2D eigenvalue weighted by Crippen LogP contribution is -2.40. The lowest BCUT2D eigenvalue weighted by molar-refractivity contribution is -0.138. The van der Waals surface area contributed by atoms with Gasteiger partial charge in [0.15, 0.2) is 16.3 Å². The monoisotopic (exact) mass is 698 g/mol. The molecule has 0 bridgehead atoms. The molecule has 0 aliphatic carbocycles. The van der Waals surface area contributed by atoms with Crippen molar-refractivity contribution in [2.45, 2.75) is 26.5 Å². The molecule has 2 heterocycles. The first kappa shape index (κ1) is 33.7. The molecule has 1 aromatic heterocycles. The van der Waals surface area contributed by atoms with Crippen LogP contribution in [-0.4, -0.2) is 30.9 Å². The van der Waals surface area contributed by atoms with Crippen LogP contribution in [0.25, 0.3) is 11.8 Å². The van der Waals surface area contributed by atoms with Crippen molar-refractivity contribution in [2.75, 3.05) is 20.3 Å². The molecule has 0 amide bonds.